The van der Waals surface area contributed by atoms with Crippen molar-refractivity contribution in [2.45, 2.75) is 26.7 Å². The number of carbonyl (C=O) groups is 2. The van der Waals surface area contributed by atoms with Crippen LogP contribution in [0.3, 0.4) is 0 Å². The molecule has 0 aromatic heterocycles. The number of carbonyl (C=O) groups excluding carboxylic acids is 2. The standard InChI is InChI=1S/C7H13NO2S/c1-3-11-8-7(10)5-4-6(2)9/h3-5H2,1-2H3,(H,8,10). The van der Waals surface area contributed by atoms with Gasteiger partial charge in [-0.2, -0.15) is 0 Å². The SMILES string of the molecule is CCSNC(=O)CCC(C)=O. The number of ketones is 1. The minimum Gasteiger partial charge on any atom is -0.300 e. The van der Waals surface area contributed by atoms with Gasteiger partial charge in [0, 0.05) is 18.6 Å². The Morgan fingerprint density at radius 3 is 2.45 bits per heavy atom. The summed E-state index contributed by atoms with van der Waals surface area (Å²) in [5, 5.41) is 0. The van der Waals surface area contributed by atoms with E-state index >= 15 is 0 Å². The van der Waals surface area contributed by atoms with Gasteiger partial charge in [-0.05, 0) is 6.92 Å². The van der Waals surface area contributed by atoms with Crippen molar-refractivity contribution < 1.29 is 9.59 Å². The first kappa shape index (κ1) is 10.5. The monoisotopic (exact) mass is 175 g/mol. The molecule has 1 amide bonds. The van der Waals surface area contributed by atoms with Crippen LogP contribution in [0.2, 0.25) is 0 Å². The summed E-state index contributed by atoms with van der Waals surface area (Å²) in [5.74, 6) is 0.847. The summed E-state index contributed by atoms with van der Waals surface area (Å²) in [6, 6.07) is 0. The molecule has 4 heteroatoms. The van der Waals surface area contributed by atoms with E-state index in [1.807, 2.05) is 6.92 Å². The van der Waals surface area contributed by atoms with Gasteiger partial charge in [0.2, 0.25) is 5.91 Å². The zero-order valence-corrected chi connectivity index (χ0v) is 7.66. The van der Waals surface area contributed by atoms with Crippen molar-refractivity contribution in [3.8, 4) is 0 Å². The van der Waals surface area contributed by atoms with Crippen molar-refractivity contribution in [1.29, 1.82) is 0 Å². The van der Waals surface area contributed by atoms with Crippen LogP contribution in [0.4, 0.5) is 0 Å². The number of rotatable bonds is 5. The zero-order valence-electron chi connectivity index (χ0n) is 6.85. The van der Waals surface area contributed by atoms with Crippen molar-refractivity contribution in [3.05, 3.63) is 0 Å². The molecule has 0 atom stereocenters. The Balaban J connectivity index is 3.30. The first-order chi connectivity index (χ1) is 5.16. The zero-order chi connectivity index (χ0) is 8.69. The second kappa shape index (κ2) is 6.22. The number of Topliss-reactive ketones (excluding diaryl/α,β-unsaturated/α-hetero) is 1. The normalized spacial score (nSPS) is 9.27. The quantitative estimate of drug-likeness (QED) is 0.637. The van der Waals surface area contributed by atoms with Gasteiger partial charge in [0.15, 0.2) is 0 Å². The van der Waals surface area contributed by atoms with E-state index in [0.717, 1.165) is 5.75 Å². The molecule has 3 nitrogen and oxygen atoms in total. The number of hydrogen-bond donors (Lipinski definition) is 1. The highest BCUT2D eigenvalue weighted by molar-refractivity contribution is 7.97. The molecule has 0 saturated carbocycles. The summed E-state index contributed by atoms with van der Waals surface area (Å²) in [4.78, 5) is 21.3. The maximum atomic E-state index is 10.8. The molecule has 0 aliphatic rings. The third-order valence-electron chi connectivity index (χ3n) is 1.03. The third-order valence-corrected chi connectivity index (χ3v) is 1.70. The van der Waals surface area contributed by atoms with Gasteiger partial charge in [0.25, 0.3) is 0 Å². The van der Waals surface area contributed by atoms with Gasteiger partial charge in [0.05, 0.1) is 0 Å². The van der Waals surface area contributed by atoms with E-state index in [1.54, 1.807) is 0 Å². The number of nitrogens with one attached hydrogen (secondary N) is 1. The van der Waals surface area contributed by atoms with Crippen molar-refractivity contribution in [2.24, 2.45) is 0 Å². The fourth-order valence-electron chi connectivity index (χ4n) is 0.493. The topological polar surface area (TPSA) is 46.2 Å². The first-order valence-electron chi connectivity index (χ1n) is 3.57. The number of amides is 1. The maximum absolute atomic E-state index is 10.8. The Morgan fingerprint density at radius 1 is 1.36 bits per heavy atom. The van der Waals surface area contributed by atoms with Gasteiger partial charge in [-0.3, -0.25) is 4.79 Å². The minimum atomic E-state index is -0.0629. The Labute approximate surface area is 71.1 Å². The fraction of sp³-hybridized carbons (Fsp3) is 0.714. The van der Waals surface area contributed by atoms with Gasteiger partial charge in [-0.15, -0.1) is 0 Å². The van der Waals surface area contributed by atoms with E-state index in [-0.39, 0.29) is 11.7 Å². The molecular weight excluding hydrogens is 162 g/mol. The maximum Gasteiger partial charge on any atom is 0.230 e. The van der Waals surface area contributed by atoms with Crippen molar-refractivity contribution in [1.82, 2.24) is 4.72 Å². The summed E-state index contributed by atoms with van der Waals surface area (Å²) < 4.78 is 2.61. The molecule has 0 unspecified atom stereocenters. The molecule has 0 spiro atoms. The molecule has 0 aromatic carbocycles. The lowest BCUT2D eigenvalue weighted by Crippen LogP contribution is -2.16. The Morgan fingerprint density at radius 2 is 2.00 bits per heavy atom. The molecule has 0 aromatic rings. The average Bonchev–Trinajstić information content (AvgIpc) is 1.97. The van der Waals surface area contributed by atoms with Crippen LogP contribution in [0.25, 0.3) is 0 Å². The lowest BCUT2D eigenvalue weighted by molar-refractivity contribution is -0.123. The van der Waals surface area contributed by atoms with Crippen LogP contribution >= 0.6 is 11.9 Å². The van der Waals surface area contributed by atoms with Crippen LogP contribution in [-0.4, -0.2) is 17.4 Å². The molecule has 11 heavy (non-hydrogen) atoms. The van der Waals surface area contributed by atoms with E-state index in [9.17, 15) is 9.59 Å². The Kier molecular flexibility index (Phi) is 5.93. The molecule has 0 aliphatic heterocycles. The molecule has 0 radical (unpaired) electrons. The summed E-state index contributed by atoms with van der Waals surface area (Å²) >= 11 is 1.36. The second-order valence-corrected chi connectivity index (χ2v) is 3.23. The molecule has 0 saturated heterocycles. The van der Waals surface area contributed by atoms with Crippen LogP contribution in [0.1, 0.15) is 26.7 Å². The first-order valence-corrected chi connectivity index (χ1v) is 4.55. The fourth-order valence-corrected chi connectivity index (χ4v) is 0.901. The molecule has 0 rings (SSSR count). The van der Waals surface area contributed by atoms with Crippen LogP contribution < -0.4 is 4.72 Å². The number of hydrogen-bond acceptors (Lipinski definition) is 3. The van der Waals surface area contributed by atoms with Gasteiger partial charge in [-0.1, -0.05) is 18.9 Å². The largest absolute Gasteiger partial charge is 0.300 e. The highest BCUT2D eigenvalue weighted by atomic mass is 32.2. The van der Waals surface area contributed by atoms with Crippen molar-refractivity contribution in [3.63, 3.8) is 0 Å². The van der Waals surface area contributed by atoms with Crippen LogP contribution in [0, 0.1) is 0 Å². The Hall–Kier alpha value is -0.510. The van der Waals surface area contributed by atoms with Gasteiger partial charge in [0.1, 0.15) is 5.78 Å². The second-order valence-electron chi connectivity index (χ2n) is 2.16. The lowest BCUT2D eigenvalue weighted by Gasteiger charge is -1.99. The molecule has 0 heterocycles. The van der Waals surface area contributed by atoms with Crippen molar-refractivity contribution >= 4 is 23.6 Å². The van der Waals surface area contributed by atoms with E-state index in [1.165, 1.54) is 18.9 Å². The molecule has 0 fully saturated rings. The van der Waals surface area contributed by atoms with E-state index in [4.69, 9.17) is 0 Å². The molecule has 1 N–H and O–H groups in total. The Bertz CT molecular complexity index is 147. The molecule has 64 valence electrons. The summed E-state index contributed by atoms with van der Waals surface area (Å²) in [5.41, 5.74) is 0. The smallest absolute Gasteiger partial charge is 0.230 e. The summed E-state index contributed by atoms with van der Waals surface area (Å²) in [7, 11) is 0. The van der Waals surface area contributed by atoms with Crippen molar-refractivity contribution in [2.75, 3.05) is 5.75 Å². The highest BCUT2D eigenvalue weighted by Gasteiger charge is 2.01. The van der Waals surface area contributed by atoms with Crippen LogP contribution in [-0.2, 0) is 9.59 Å². The minimum absolute atomic E-state index is 0.0571. The van der Waals surface area contributed by atoms with E-state index < -0.39 is 0 Å². The molecule has 0 bridgehead atoms. The highest BCUT2D eigenvalue weighted by Crippen LogP contribution is 1.95. The van der Waals surface area contributed by atoms with Gasteiger partial charge in [-0.25, -0.2) is 0 Å². The van der Waals surface area contributed by atoms with E-state index in [0.29, 0.717) is 12.8 Å². The van der Waals surface area contributed by atoms with Gasteiger partial charge < -0.3 is 9.52 Å². The molecular formula is C7H13NO2S. The van der Waals surface area contributed by atoms with Crippen LogP contribution in [0.5, 0.6) is 0 Å². The lowest BCUT2D eigenvalue weighted by atomic mass is 10.2. The summed E-state index contributed by atoms with van der Waals surface area (Å²) in [6.45, 7) is 3.44. The predicted molar refractivity (Wildman–Crippen MR) is 46.2 cm³/mol. The van der Waals surface area contributed by atoms with Gasteiger partial charge >= 0.3 is 0 Å². The predicted octanol–water partition coefficient (Wildman–Crippen LogP) is 1.14. The van der Waals surface area contributed by atoms with Crippen LogP contribution in [0.15, 0.2) is 0 Å². The van der Waals surface area contributed by atoms with E-state index in [2.05, 4.69) is 4.72 Å². The summed E-state index contributed by atoms with van der Waals surface area (Å²) in [6.07, 6.45) is 0.651. The molecule has 0 aliphatic carbocycles. The third kappa shape index (κ3) is 7.39. The average molecular weight is 175 g/mol.